The number of nitrogens with zero attached hydrogens (tertiary/aromatic N) is 2. The van der Waals surface area contributed by atoms with Crippen molar-refractivity contribution in [3.63, 3.8) is 0 Å². The molecule has 1 N–H and O–H groups in total. The Balaban J connectivity index is 1.20. The topological polar surface area (TPSA) is 54.5 Å². The molecule has 1 amide bonds. The molecule has 5 nitrogen and oxygen atoms in total. The maximum atomic E-state index is 12.9. The highest BCUT2D eigenvalue weighted by atomic mass is 16.5. The van der Waals surface area contributed by atoms with Gasteiger partial charge in [0.2, 0.25) is 5.91 Å². The van der Waals surface area contributed by atoms with Crippen LogP contribution in [0.25, 0.3) is 10.9 Å². The van der Waals surface area contributed by atoms with E-state index in [1.165, 1.54) is 11.1 Å². The Morgan fingerprint density at radius 1 is 0.821 bits per heavy atom. The Hall–Kier alpha value is -3.70. The number of rotatable bonds is 16. The molecule has 0 saturated heterocycles. The lowest BCUT2D eigenvalue weighted by Gasteiger charge is -2.22. The van der Waals surface area contributed by atoms with Crippen LogP contribution in [-0.4, -0.2) is 48.6 Å². The van der Waals surface area contributed by atoms with Crippen molar-refractivity contribution in [3.8, 4) is 5.75 Å². The van der Waals surface area contributed by atoms with Crippen molar-refractivity contribution in [1.82, 2.24) is 15.2 Å². The minimum Gasteiger partial charge on any atom is -0.493 e. The predicted octanol–water partition coefficient (Wildman–Crippen LogP) is 6.47. The molecule has 5 heteroatoms. The summed E-state index contributed by atoms with van der Waals surface area (Å²) in [6.45, 7) is 1.79. The molecule has 0 radical (unpaired) electrons. The van der Waals surface area contributed by atoms with Crippen LogP contribution in [-0.2, 0) is 17.6 Å². The van der Waals surface area contributed by atoms with E-state index in [0.29, 0.717) is 13.2 Å². The molecule has 0 unspecified atom stereocenters. The molecule has 0 spiro atoms. The molecule has 0 atom stereocenters. The van der Waals surface area contributed by atoms with E-state index in [9.17, 15) is 4.79 Å². The second-order valence-corrected chi connectivity index (χ2v) is 10.3. The van der Waals surface area contributed by atoms with Gasteiger partial charge >= 0.3 is 0 Å². The summed E-state index contributed by atoms with van der Waals surface area (Å²) < 4.78 is 6.03. The van der Waals surface area contributed by atoms with Gasteiger partial charge in [0.1, 0.15) is 5.75 Å². The molecule has 4 aromatic rings. The molecule has 3 aromatic carbocycles. The van der Waals surface area contributed by atoms with E-state index in [1.54, 1.807) is 6.20 Å². The van der Waals surface area contributed by atoms with E-state index in [-0.39, 0.29) is 11.9 Å². The fourth-order valence-corrected chi connectivity index (χ4v) is 5.00. The molecule has 0 aliphatic carbocycles. The second kappa shape index (κ2) is 15.6. The van der Waals surface area contributed by atoms with Gasteiger partial charge < -0.3 is 10.1 Å². The van der Waals surface area contributed by atoms with Gasteiger partial charge in [0.05, 0.1) is 18.7 Å². The second-order valence-electron chi connectivity index (χ2n) is 10.3. The summed E-state index contributed by atoms with van der Waals surface area (Å²) in [4.78, 5) is 19.4. The number of pyridine rings is 1. The first-order chi connectivity index (χ1) is 19.2. The summed E-state index contributed by atoms with van der Waals surface area (Å²) in [5, 5.41) is 4.36. The summed E-state index contributed by atoms with van der Waals surface area (Å²) in [7, 11) is 2.00. The number of hydrogen-bond acceptors (Lipinski definition) is 4. The molecule has 0 aliphatic heterocycles. The lowest BCUT2D eigenvalue weighted by atomic mass is 9.99. The average molecular weight is 524 g/mol. The van der Waals surface area contributed by atoms with E-state index in [1.807, 2.05) is 37.4 Å². The predicted molar refractivity (Wildman–Crippen MR) is 160 cm³/mol. The third kappa shape index (κ3) is 9.84. The van der Waals surface area contributed by atoms with Crippen LogP contribution in [0.2, 0.25) is 0 Å². The summed E-state index contributed by atoms with van der Waals surface area (Å²) >= 11 is 0. The first-order valence-corrected chi connectivity index (χ1v) is 14.2. The van der Waals surface area contributed by atoms with Crippen molar-refractivity contribution in [2.24, 2.45) is 0 Å². The van der Waals surface area contributed by atoms with Gasteiger partial charge in [-0.1, -0.05) is 66.7 Å². The number of benzene rings is 3. The highest BCUT2D eigenvalue weighted by Crippen LogP contribution is 2.23. The number of ether oxygens (including phenoxy) is 1. The number of nitrogens with one attached hydrogen (secondary N) is 1. The quantitative estimate of drug-likeness (QED) is 0.171. The van der Waals surface area contributed by atoms with Crippen LogP contribution >= 0.6 is 0 Å². The van der Waals surface area contributed by atoms with Gasteiger partial charge in [-0.15, -0.1) is 0 Å². The van der Waals surface area contributed by atoms with Crippen molar-refractivity contribution in [1.29, 1.82) is 0 Å². The van der Waals surface area contributed by atoms with Gasteiger partial charge in [-0.2, -0.15) is 0 Å². The monoisotopic (exact) mass is 523 g/mol. The highest BCUT2D eigenvalue weighted by molar-refractivity contribution is 5.84. The van der Waals surface area contributed by atoms with E-state index in [0.717, 1.165) is 68.1 Å². The highest BCUT2D eigenvalue weighted by Gasteiger charge is 2.14. The van der Waals surface area contributed by atoms with E-state index >= 15 is 0 Å². The van der Waals surface area contributed by atoms with Crippen molar-refractivity contribution in [3.05, 3.63) is 108 Å². The minimum absolute atomic E-state index is 0.1000. The first kappa shape index (κ1) is 28.3. The number of likely N-dealkylation sites (N-methyl/N-ethyl adjacent to an activating group) is 1. The third-order valence-corrected chi connectivity index (χ3v) is 7.05. The van der Waals surface area contributed by atoms with Crippen LogP contribution in [0.4, 0.5) is 0 Å². The van der Waals surface area contributed by atoms with Gasteiger partial charge in [0.25, 0.3) is 0 Å². The summed E-state index contributed by atoms with van der Waals surface area (Å²) in [6.07, 6.45) is 8.84. The Bertz CT molecular complexity index is 1210. The number of carbonyl (C=O) groups excluding carboxylic acids is 1. The molecule has 0 fully saturated rings. The maximum absolute atomic E-state index is 12.9. The lowest BCUT2D eigenvalue weighted by molar-refractivity contribution is -0.122. The molecular weight excluding hydrogens is 482 g/mol. The van der Waals surface area contributed by atoms with Crippen LogP contribution in [0.5, 0.6) is 5.75 Å². The van der Waals surface area contributed by atoms with Crippen LogP contribution < -0.4 is 10.1 Å². The minimum atomic E-state index is 0.1000. The van der Waals surface area contributed by atoms with E-state index in [2.05, 4.69) is 75.9 Å². The number of aromatic nitrogens is 1. The zero-order valence-electron chi connectivity index (χ0n) is 23.1. The van der Waals surface area contributed by atoms with Crippen molar-refractivity contribution in [2.45, 2.75) is 51.0 Å². The van der Waals surface area contributed by atoms with Gasteiger partial charge in [-0.25, -0.2) is 0 Å². The van der Waals surface area contributed by atoms with Crippen LogP contribution in [0.3, 0.4) is 0 Å². The molecule has 0 aliphatic rings. The molecule has 0 saturated carbocycles. The smallest absolute Gasteiger partial charge is 0.234 e. The number of hydrogen-bond donors (Lipinski definition) is 1. The fourth-order valence-electron chi connectivity index (χ4n) is 5.00. The third-order valence-electron chi connectivity index (χ3n) is 7.05. The normalized spacial score (nSPS) is 11.3. The fraction of sp³-hybridized carbons (Fsp3) is 0.353. The maximum Gasteiger partial charge on any atom is 0.234 e. The van der Waals surface area contributed by atoms with E-state index in [4.69, 9.17) is 4.74 Å². The van der Waals surface area contributed by atoms with Gasteiger partial charge in [0, 0.05) is 24.2 Å². The Labute approximate surface area is 233 Å². The molecule has 39 heavy (non-hydrogen) atoms. The molecule has 4 rings (SSSR count). The SMILES string of the molecule is CN(CCCOc1cccc2ncccc12)CC(=O)NC(CCCc1ccccc1)CCCc1ccccc1. The van der Waals surface area contributed by atoms with Gasteiger partial charge in [-0.3, -0.25) is 14.7 Å². The summed E-state index contributed by atoms with van der Waals surface area (Å²) in [6, 6.07) is 31.3. The van der Waals surface area contributed by atoms with Crippen molar-refractivity contribution >= 4 is 16.8 Å². The van der Waals surface area contributed by atoms with Crippen molar-refractivity contribution < 1.29 is 9.53 Å². The standard InChI is InChI=1S/C34H41N3O2/c1-37(25-12-26-39-33-23-10-22-32-31(33)21-11-24-35-32)27-34(38)36-30(19-8-17-28-13-4-2-5-14-28)20-9-18-29-15-6-3-7-16-29/h2-7,10-11,13-16,21-24,30H,8-9,12,17-20,25-27H2,1H3,(H,36,38). The zero-order valence-corrected chi connectivity index (χ0v) is 23.1. The lowest BCUT2D eigenvalue weighted by Crippen LogP contribution is -2.41. The molecule has 0 bridgehead atoms. The molecular formula is C34H41N3O2. The summed E-state index contributed by atoms with van der Waals surface area (Å²) in [5.41, 5.74) is 3.65. The number of fused-ring (bicyclic) bond motifs is 1. The van der Waals surface area contributed by atoms with Crippen LogP contribution in [0.1, 0.15) is 43.2 Å². The first-order valence-electron chi connectivity index (χ1n) is 14.2. The van der Waals surface area contributed by atoms with Crippen molar-refractivity contribution in [2.75, 3.05) is 26.7 Å². The van der Waals surface area contributed by atoms with Gasteiger partial charge in [0.15, 0.2) is 0 Å². The Kier molecular flexibility index (Phi) is 11.4. The number of aryl methyl sites for hydroxylation is 2. The van der Waals surface area contributed by atoms with Gasteiger partial charge in [-0.05, 0) is 87.4 Å². The molecule has 1 heterocycles. The zero-order chi connectivity index (χ0) is 27.1. The Morgan fingerprint density at radius 2 is 1.49 bits per heavy atom. The Morgan fingerprint density at radius 3 is 2.15 bits per heavy atom. The molecule has 204 valence electrons. The van der Waals surface area contributed by atoms with E-state index < -0.39 is 0 Å². The van der Waals surface area contributed by atoms with Crippen LogP contribution in [0.15, 0.2) is 97.2 Å². The van der Waals surface area contributed by atoms with Crippen LogP contribution in [0, 0.1) is 0 Å². The largest absolute Gasteiger partial charge is 0.493 e. The molecule has 1 aromatic heterocycles. The summed E-state index contributed by atoms with van der Waals surface area (Å²) in [5.74, 6) is 0.956. The average Bonchev–Trinajstić information content (AvgIpc) is 2.96. The number of amides is 1. The number of carbonyl (C=O) groups is 1.